The van der Waals surface area contributed by atoms with Crippen molar-refractivity contribution in [2.75, 3.05) is 0 Å². The highest BCUT2D eigenvalue weighted by Crippen LogP contribution is 2.19. The van der Waals surface area contributed by atoms with Crippen molar-refractivity contribution in [2.45, 2.75) is 39.5 Å². The average molecular weight is 234 g/mol. The van der Waals surface area contributed by atoms with E-state index < -0.39 is 16.0 Å². The highest BCUT2D eigenvalue weighted by Gasteiger charge is 2.19. The summed E-state index contributed by atoms with van der Waals surface area (Å²) in [4.78, 5) is 0. The molecule has 0 aromatic carbocycles. The standard InChI is InChI=1S/C9H15FN2O2S/c1-6(2)12-8(4)9(7(3)11-12)5-15(10,13)14/h6H,5H2,1-4H3. The molecule has 0 atom stereocenters. The van der Waals surface area contributed by atoms with Gasteiger partial charge in [0.05, 0.1) is 5.69 Å². The highest BCUT2D eigenvalue weighted by atomic mass is 32.3. The molecule has 1 aromatic rings. The first kappa shape index (κ1) is 12.2. The van der Waals surface area contributed by atoms with Crippen LogP contribution in [-0.4, -0.2) is 18.2 Å². The van der Waals surface area contributed by atoms with Gasteiger partial charge in [0.1, 0.15) is 5.75 Å². The van der Waals surface area contributed by atoms with Gasteiger partial charge in [0.15, 0.2) is 0 Å². The molecule has 1 aromatic heterocycles. The van der Waals surface area contributed by atoms with Crippen LogP contribution in [0, 0.1) is 13.8 Å². The Hall–Kier alpha value is -0.910. The molecule has 1 heterocycles. The zero-order valence-corrected chi connectivity index (χ0v) is 10.1. The molecule has 0 saturated carbocycles. The third-order valence-corrected chi connectivity index (χ3v) is 2.91. The fourth-order valence-electron chi connectivity index (χ4n) is 1.58. The van der Waals surface area contributed by atoms with Crippen LogP contribution >= 0.6 is 0 Å². The van der Waals surface area contributed by atoms with E-state index in [1.165, 1.54) is 0 Å². The van der Waals surface area contributed by atoms with Gasteiger partial charge in [-0.3, -0.25) is 4.68 Å². The van der Waals surface area contributed by atoms with E-state index in [-0.39, 0.29) is 6.04 Å². The molecule has 0 bridgehead atoms. The quantitative estimate of drug-likeness (QED) is 0.750. The summed E-state index contributed by atoms with van der Waals surface area (Å²) < 4.78 is 35.4. The molecule has 0 saturated heterocycles. The van der Waals surface area contributed by atoms with E-state index in [1.54, 1.807) is 18.5 Å². The number of aryl methyl sites for hydroxylation is 1. The van der Waals surface area contributed by atoms with Gasteiger partial charge in [-0.25, -0.2) is 0 Å². The maximum Gasteiger partial charge on any atom is 0.306 e. The molecule has 0 unspecified atom stereocenters. The molecule has 0 aliphatic rings. The Balaban J connectivity index is 3.20. The molecule has 15 heavy (non-hydrogen) atoms. The van der Waals surface area contributed by atoms with Gasteiger partial charge in [0.25, 0.3) is 0 Å². The first-order valence-electron chi connectivity index (χ1n) is 4.69. The fourth-order valence-corrected chi connectivity index (χ4v) is 2.34. The van der Waals surface area contributed by atoms with Crippen LogP contribution in [0.3, 0.4) is 0 Å². The van der Waals surface area contributed by atoms with Crippen LogP contribution in [0.4, 0.5) is 3.89 Å². The Labute approximate surface area is 89.3 Å². The Morgan fingerprint density at radius 3 is 2.27 bits per heavy atom. The highest BCUT2D eigenvalue weighted by molar-refractivity contribution is 7.85. The van der Waals surface area contributed by atoms with Crippen molar-refractivity contribution < 1.29 is 12.3 Å². The van der Waals surface area contributed by atoms with Crippen molar-refractivity contribution in [3.8, 4) is 0 Å². The van der Waals surface area contributed by atoms with Crippen molar-refractivity contribution in [3.63, 3.8) is 0 Å². The van der Waals surface area contributed by atoms with Crippen LogP contribution in [0.2, 0.25) is 0 Å². The molecule has 0 radical (unpaired) electrons. The van der Waals surface area contributed by atoms with Crippen LogP contribution in [0.25, 0.3) is 0 Å². The van der Waals surface area contributed by atoms with Crippen LogP contribution in [0.5, 0.6) is 0 Å². The Morgan fingerprint density at radius 1 is 1.40 bits per heavy atom. The van der Waals surface area contributed by atoms with Crippen LogP contribution in [0.15, 0.2) is 0 Å². The molecule has 0 spiro atoms. The topological polar surface area (TPSA) is 52.0 Å². The SMILES string of the molecule is Cc1nn(C(C)C)c(C)c1CS(=O)(=O)F. The number of aromatic nitrogens is 2. The predicted octanol–water partition coefficient (Wildman–Crippen LogP) is 1.88. The van der Waals surface area contributed by atoms with Gasteiger partial charge in [0.2, 0.25) is 0 Å². The van der Waals surface area contributed by atoms with E-state index in [2.05, 4.69) is 5.10 Å². The molecule has 0 amide bonds. The second-order valence-electron chi connectivity index (χ2n) is 3.87. The summed E-state index contributed by atoms with van der Waals surface area (Å²) >= 11 is 0. The summed E-state index contributed by atoms with van der Waals surface area (Å²) in [5.41, 5.74) is 1.75. The second-order valence-corrected chi connectivity index (χ2v) is 5.24. The van der Waals surface area contributed by atoms with Crippen molar-refractivity contribution in [1.82, 2.24) is 9.78 Å². The van der Waals surface area contributed by atoms with Gasteiger partial charge in [-0.2, -0.15) is 13.5 Å². The summed E-state index contributed by atoms with van der Waals surface area (Å²) in [5.74, 6) is -0.586. The minimum absolute atomic E-state index is 0.139. The third-order valence-electron chi connectivity index (χ3n) is 2.28. The number of hydrogen-bond acceptors (Lipinski definition) is 3. The summed E-state index contributed by atoms with van der Waals surface area (Å²) in [6, 6.07) is 0.139. The molecule has 4 nitrogen and oxygen atoms in total. The third kappa shape index (κ3) is 2.77. The molecular formula is C9H15FN2O2S. The average Bonchev–Trinajstić information content (AvgIpc) is 2.29. The van der Waals surface area contributed by atoms with Crippen molar-refractivity contribution in [1.29, 1.82) is 0 Å². The molecule has 0 aliphatic carbocycles. The first-order chi connectivity index (χ1) is 6.72. The lowest BCUT2D eigenvalue weighted by Crippen LogP contribution is -2.06. The largest absolute Gasteiger partial charge is 0.306 e. The van der Waals surface area contributed by atoms with E-state index in [1.807, 2.05) is 13.8 Å². The van der Waals surface area contributed by atoms with Crippen molar-refractivity contribution in [2.24, 2.45) is 0 Å². The number of halogens is 1. The number of nitrogens with zero attached hydrogens (tertiary/aromatic N) is 2. The lowest BCUT2D eigenvalue weighted by molar-refractivity contribution is 0.515. The second kappa shape index (κ2) is 3.92. The molecule has 6 heteroatoms. The summed E-state index contributed by atoms with van der Waals surface area (Å²) in [6.45, 7) is 7.31. The Morgan fingerprint density at radius 2 is 1.93 bits per heavy atom. The maximum absolute atomic E-state index is 12.6. The molecule has 0 N–H and O–H groups in total. The maximum atomic E-state index is 12.6. The smallest absolute Gasteiger partial charge is 0.267 e. The lowest BCUT2D eigenvalue weighted by atomic mass is 10.2. The fraction of sp³-hybridized carbons (Fsp3) is 0.667. The molecular weight excluding hydrogens is 219 g/mol. The summed E-state index contributed by atoms with van der Waals surface area (Å²) in [5, 5.41) is 4.18. The van der Waals surface area contributed by atoms with Gasteiger partial charge in [-0.05, 0) is 27.7 Å². The van der Waals surface area contributed by atoms with Crippen LogP contribution in [-0.2, 0) is 16.0 Å². The zero-order chi connectivity index (χ0) is 11.8. The minimum atomic E-state index is -4.49. The van der Waals surface area contributed by atoms with Crippen molar-refractivity contribution >= 4 is 10.2 Å². The van der Waals surface area contributed by atoms with E-state index in [4.69, 9.17) is 0 Å². The Bertz CT molecular complexity index is 463. The minimum Gasteiger partial charge on any atom is -0.267 e. The summed E-state index contributed by atoms with van der Waals surface area (Å²) in [7, 11) is -4.49. The molecule has 0 aliphatic heterocycles. The van der Waals surface area contributed by atoms with E-state index >= 15 is 0 Å². The van der Waals surface area contributed by atoms with Gasteiger partial charge in [0, 0.05) is 17.3 Å². The molecule has 86 valence electrons. The molecule has 1 rings (SSSR count). The monoisotopic (exact) mass is 234 g/mol. The van der Waals surface area contributed by atoms with Crippen LogP contribution < -0.4 is 0 Å². The van der Waals surface area contributed by atoms with E-state index in [9.17, 15) is 12.3 Å². The number of rotatable bonds is 3. The van der Waals surface area contributed by atoms with E-state index in [0.717, 1.165) is 0 Å². The van der Waals surface area contributed by atoms with Gasteiger partial charge in [-0.15, -0.1) is 3.89 Å². The van der Waals surface area contributed by atoms with Crippen LogP contribution in [0.1, 0.15) is 36.8 Å². The lowest BCUT2D eigenvalue weighted by Gasteiger charge is -2.07. The van der Waals surface area contributed by atoms with Crippen molar-refractivity contribution in [3.05, 3.63) is 17.0 Å². The van der Waals surface area contributed by atoms with Gasteiger partial charge < -0.3 is 0 Å². The van der Waals surface area contributed by atoms with Gasteiger partial charge >= 0.3 is 10.2 Å². The summed E-state index contributed by atoms with van der Waals surface area (Å²) in [6.07, 6.45) is 0. The van der Waals surface area contributed by atoms with Gasteiger partial charge in [-0.1, -0.05) is 0 Å². The Kier molecular flexibility index (Phi) is 3.18. The predicted molar refractivity (Wildman–Crippen MR) is 55.8 cm³/mol. The zero-order valence-electron chi connectivity index (χ0n) is 9.28. The normalized spacial score (nSPS) is 12.4. The molecule has 0 fully saturated rings. The first-order valence-corrected chi connectivity index (χ1v) is 6.24. The number of hydrogen-bond donors (Lipinski definition) is 0. The van der Waals surface area contributed by atoms with E-state index in [0.29, 0.717) is 17.0 Å².